The van der Waals surface area contributed by atoms with Crippen molar-refractivity contribution < 1.29 is 9.18 Å². The minimum Gasteiger partial charge on any atom is -0.338 e. The summed E-state index contributed by atoms with van der Waals surface area (Å²) in [5.74, 6) is -0.0170. The Morgan fingerprint density at radius 2 is 2.25 bits per heavy atom. The van der Waals surface area contributed by atoms with Crippen molar-refractivity contribution in [2.45, 2.75) is 51.6 Å². The van der Waals surface area contributed by atoms with Gasteiger partial charge >= 0.3 is 0 Å². The van der Waals surface area contributed by atoms with Crippen LogP contribution in [0.1, 0.15) is 45.6 Å². The predicted octanol–water partition coefficient (Wildman–Crippen LogP) is 2.83. The molecule has 0 unspecified atom stereocenters. The zero-order valence-corrected chi connectivity index (χ0v) is 14.0. The van der Waals surface area contributed by atoms with Crippen LogP contribution in [0.15, 0.2) is 24.3 Å². The van der Waals surface area contributed by atoms with E-state index in [1.807, 2.05) is 4.90 Å². The number of rotatable bonds is 4. The molecule has 6 nitrogen and oxygen atoms in total. The molecule has 128 valence electrons. The predicted molar refractivity (Wildman–Crippen MR) is 87.6 cm³/mol. The Morgan fingerprint density at radius 1 is 1.42 bits per heavy atom. The smallest absolute Gasteiger partial charge is 0.249 e. The number of halogens is 1. The second-order valence-electron chi connectivity index (χ2n) is 6.21. The van der Waals surface area contributed by atoms with Crippen molar-refractivity contribution in [3.63, 3.8) is 0 Å². The summed E-state index contributed by atoms with van der Waals surface area (Å²) < 4.78 is 13.3. The highest BCUT2D eigenvalue weighted by atomic mass is 19.1. The van der Waals surface area contributed by atoms with Crippen molar-refractivity contribution >= 4 is 5.91 Å². The lowest BCUT2D eigenvalue weighted by atomic mass is 9.99. The maximum Gasteiger partial charge on any atom is 0.249 e. The lowest BCUT2D eigenvalue weighted by Gasteiger charge is -2.36. The maximum absolute atomic E-state index is 13.3. The van der Waals surface area contributed by atoms with Gasteiger partial charge in [-0.1, -0.05) is 19.1 Å². The number of amides is 1. The number of carbonyl (C=O) groups is 1. The molecule has 2 atom stereocenters. The Hall–Kier alpha value is -2.31. The van der Waals surface area contributed by atoms with E-state index >= 15 is 0 Å². The molecule has 0 radical (unpaired) electrons. The SMILES string of the molecule is CC[C@@H]1CCCCN1C(=O)[C@H](C)n1nnc(-c2cccc(F)c2)n1. The molecule has 0 saturated carbocycles. The number of nitrogens with zero attached hydrogens (tertiary/aromatic N) is 5. The summed E-state index contributed by atoms with van der Waals surface area (Å²) >= 11 is 0. The molecule has 1 fully saturated rings. The van der Waals surface area contributed by atoms with Crippen LogP contribution >= 0.6 is 0 Å². The van der Waals surface area contributed by atoms with Crippen molar-refractivity contribution in [3.05, 3.63) is 30.1 Å². The first kappa shape index (κ1) is 16.5. The molecule has 7 heteroatoms. The fourth-order valence-electron chi connectivity index (χ4n) is 3.19. The van der Waals surface area contributed by atoms with E-state index < -0.39 is 6.04 Å². The molecule has 1 amide bonds. The molecule has 0 spiro atoms. The summed E-state index contributed by atoms with van der Waals surface area (Å²) in [6, 6.07) is 5.80. The number of likely N-dealkylation sites (tertiary alicyclic amines) is 1. The highest BCUT2D eigenvalue weighted by Crippen LogP contribution is 2.23. The van der Waals surface area contributed by atoms with Gasteiger partial charge in [0.15, 0.2) is 0 Å². The molecule has 24 heavy (non-hydrogen) atoms. The van der Waals surface area contributed by atoms with Gasteiger partial charge in [0.2, 0.25) is 11.7 Å². The van der Waals surface area contributed by atoms with Gasteiger partial charge in [-0.3, -0.25) is 4.79 Å². The van der Waals surface area contributed by atoms with Gasteiger partial charge in [-0.05, 0) is 50.0 Å². The molecule has 2 heterocycles. The van der Waals surface area contributed by atoms with Crippen LogP contribution in [0.3, 0.4) is 0 Å². The van der Waals surface area contributed by atoms with Gasteiger partial charge in [-0.2, -0.15) is 4.80 Å². The van der Waals surface area contributed by atoms with Crippen molar-refractivity contribution in [1.82, 2.24) is 25.1 Å². The Bertz CT molecular complexity index is 717. The number of tetrazole rings is 1. The summed E-state index contributed by atoms with van der Waals surface area (Å²) in [5, 5.41) is 12.2. The van der Waals surface area contributed by atoms with Crippen molar-refractivity contribution in [2.75, 3.05) is 6.54 Å². The first-order chi connectivity index (χ1) is 11.6. The number of carbonyl (C=O) groups excluding carboxylic acids is 1. The topological polar surface area (TPSA) is 63.9 Å². The van der Waals surface area contributed by atoms with E-state index in [0.29, 0.717) is 17.4 Å². The van der Waals surface area contributed by atoms with Gasteiger partial charge in [-0.25, -0.2) is 4.39 Å². The van der Waals surface area contributed by atoms with Crippen molar-refractivity contribution in [1.29, 1.82) is 0 Å². The number of piperidine rings is 1. The fourth-order valence-corrected chi connectivity index (χ4v) is 3.19. The Kier molecular flexibility index (Phi) is 4.87. The van der Waals surface area contributed by atoms with Crippen molar-refractivity contribution in [3.8, 4) is 11.4 Å². The quantitative estimate of drug-likeness (QED) is 0.864. The zero-order valence-electron chi connectivity index (χ0n) is 14.0. The average molecular weight is 331 g/mol. The summed E-state index contributed by atoms with van der Waals surface area (Å²) in [7, 11) is 0. The second-order valence-corrected chi connectivity index (χ2v) is 6.21. The Morgan fingerprint density at radius 3 is 3.00 bits per heavy atom. The molecule has 1 aromatic carbocycles. The molecule has 1 aliphatic heterocycles. The highest BCUT2D eigenvalue weighted by molar-refractivity contribution is 5.80. The summed E-state index contributed by atoms with van der Waals surface area (Å²) in [5.41, 5.74) is 0.547. The summed E-state index contributed by atoms with van der Waals surface area (Å²) in [6.45, 7) is 4.67. The highest BCUT2D eigenvalue weighted by Gasteiger charge is 2.30. The van der Waals surface area contributed by atoms with Crippen LogP contribution < -0.4 is 0 Å². The normalized spacial score (nSPS) is 19.3. The van der Waals surface area contributed by atoms with Crippen LogP contribution in [0, 0.1) is 5.82 Å². The van der Waals surface area contributed by atoms with Gasteiger partial charge in [0.05, 0.1) is 0 Å². The van der Waals surface area contributed by atoms with E-state index in [1.165, 1.54) is 23.4 Å². The van der Waals surface area contributed by atoms with Gasteiger partial charge in [-0.15, -0.1) is 10.2 Å². The van der Waals surface area contributed by atoms with Gasteiger partial charge < -0.3 is 4.90 Å². The van der Waals surface area contributed by atoms with Gasteiger partial charge in [0.1, 0.15) is 11.9 Å². The van der Waals surface area contributed by atoms with Gasteiger partial charge in [0, 0.05) is 18.2 Å². The lowest BCUT2D eigenvalue weighted by molar-refractivity contribution is -0.138. The number of aromatic nitrogens is 4. The molecule has 2 aromatic rings. The summed E-state index contributed by atoms with van der Waals surface area (Å²) in [6.07, 6.45) is 4.21. The minimum atomic E-state index is -0.521. The number of hydrogen-bond acceptors (Lipinski definition) is 4. The molecule has 0 bridgehead atoms. The number of hydrogen-bond donors (Lipinski definition) is 0. The van der Waals surface area contributed by atoms with Gasteiger partial charge in [0.25, 0.3) is 0 Å². The molecular formula is C17H22FN5O. The molecular weight excluding hydrogens is 309 g/mol. The third-order valence-electron chi connectivity index (χ3n) is 4.60. The molecule has 0 N–H and O–H groups in total. The molecule has 0 aliphatic carbocycles. The fraction of sp³-hybridized carbons (Fsp3) is 0.529. The van der Waals surface area contributed by atoms with Crippen LogP contribution in [0.25, 0.3) is 11.4 Å². The molecule has 1 aromatic heterocycles. The molecule has 1 saturated heterocycles. The third kappa shape index (κ3) is 3.29. The van der Waals surface area contributed by atoms with E-state index in [1.54, 1.807) is 19.1 Å². The van der Waals surface area contributed by atoms with E-state index in [-0.39, 0.29) is 11.7 Å². The Balaban J connectivity index is 1.78. The monoisotopic (exact) mass is 331 g/mol. The van der Waals surface area contributed by atoms with E-state index in [0.717, 1.165) is 25.8 Å². The first-order valence-corrected chi connectivity index (χ1v) is 8.46. The molecule has 3 rings (SSSR count). The van der Waals surface area contributed by atoms with Crippen LogP contribution in [-0.2, 0) is 4.79 Å². The minimum absolute atomic E-state index is 0.0183. The third-order valence-corrected chi connectivity index (χ3v) is 4.60. The average Bonchev–Trinajstić information content (AvgIpc) is 3.10. The van der Waals surface area contributed by atoms with Crippen LogP contribution in [0.2, 0.25) is 0 Å². The maximum atomic E-state index is 13.3. The number of benzene rings is 1. The molecule has 1 aliphatic rings. The second kappa shape index (κ2) is 7.07. The van der Waals surface area contributed by atoms with E-state index in [4.69, 9.17) is 0 Å². The van der Waals surface area contributed by atoms with E-state index in [2.05, 4.69) is 22.3 Å². The Labute approximate surface area is 140 Å². The summed E-state index contributed by atoms with van der Waals surface area (Å²) in [4.78, 5) is 16.1. The van der Waals surface area contributed by atoms with Crippen molar-refractivity contribution in [2.24, 2.45) is 0 Å². The lowest BCUT2D eigenvalue weighted by Crippen LogP contribution is -2.46. The van der Waals surface area contributed by atoms with Crippen LogP contribution in [0.4, 0.5) is 4.39 Å². The van der Waals surface area contributed by atoms with Crippen LogP contribution in [0.5, 0.6) is 0 Å². The standard InChI is InChI=1S/C17H22FN5O/c1-3-15-9-4-5-10-22(15)17(24)12(2)23-20-16(19-21-23)13-7-6-8-14(18)11-13/h6-8,11-12,15H,3-5,9-10H2,1-2H3/t12-,15+/m0/s1. The first-order valence-electron chi connectivity index (χ1n) is 8.46. The zero-order chi connectivity index (χ0) is 17.1. The van der Waals surface area contributed by atoms with E-state index in [9.17, 15) is 9.18 Å². The largest absolute Gasteiger partial charge is 0.338 e. The van der Waals surface area contributed by atoms with Crippen LogP contribution in [-0.4, -0.2) is 43.6 Å².